The molecule has 0 saturated carbocycles. The Balaban J connectivity index is 2.30. The van der Waals surface area contributed by atoms with Crippen molar-refractivity contribution < 1.29 is 9.53 Å². The van der Waals surface area contributed by atoms with Crippen LogP contribution in [0.1, 0.15) is 25.3 Å². The van der Waals surface area contributed by atoms with E-state index in [0.717, 1.165) is 17.7 Å². The summed E-state index contributed by atoms with van der Waals surface area (Å²) in [6, 6.07) is 7.55. The first-order chi connectivity index (χ1) is 7.22. The molecule has 0 unspecified atom stereocenters. The molecule has 0 aromatic heterocycles. The maximum Gasteiger partial charge on any atom is 0.306 e. The van der Waals surface area contributed by atoms with Crippen LogP contribution in [0.5, 0.6) is 0 Å². The van der Waals surface area contributed by atoms with E-state index in [-0.39, 0.29) is 5.97 Å². The molecule has 0 fully saturated rings. The van der Waals surface area contributed by atoms with Crippen LogP contribution in [0.4, 0.5) is 5.69 Å². The SMILES string of the molecule is CCCOC(=O)CCc1ccc(N)cc1. The van der Waals surface area contributed by atoms with Crippen LogP contribution in [0.25, 0.3) is 0 Å². The first-order valence-electron chi connectivity index (χ1n) is 5.22. The van der Waals surface area contributed by atoms with Gasteiger partial charge in [-0.2, -0.15) is 0 Å². The van der Waals surface area contributed by atoms with Gasteiger partial charge in [0, 0.05) is 12.1 Å². The van der Waals surface area contributed by atoms with Crippen molar-refractivity contribution >= 4 is 11.7 Å². The Morgan fingerprint density at radius 3 is 2.60 bits per heavy atom. The minimum Gasteiger partial charge on any atom is -0.466 e. The van der Waals surface area contributed by atoms with E-state index in [9.17, 15) is 4.79 Å². The molecular weight excluding hydrogens is 190 g/mol. The number of anilines is 1. The average molecular weight is 207 g/mol. The number of nitrogens with two attached hydrogens (primary N) is 1. The second-order valence-electron chi connectivity index (χ2n) is 3.46. The van der Waals surface area contributed by atoms with Gasteiger partial charge in [-0.3, -0.25) is 4.79 Å². The van der Waals surface area contributed by atoms with Crippen molar-refractivity contribution in [3.63, 3.8) is 0 Å². The van der Waals surface area contributed by atoms with E-state index in [1.807, 2.05) is 31.2 Å². The van der Waals surface area contributed by atoms with Crippen molar-refractivity contribution in [1.29, 1.82) is 0 Å². The smallest absolute Gasteiger partial charge is 0.306 e. The van der Waals surface area contributed by atoms with Gasteiger partial charge < -0.3 is 10.5 Å². The number of rotatable bonds is 5. The molecule has 1 aromatic rings. The Morgan fingerprint density at radius 2 is 2.00 bits per heavy atom. The number of benzene rings is 1. The van der Waals surface area contributed by atoms with Crippen LogP contribution in [0.15, 0.2) is 24.3 Å². The maximum absolute atomic E-state index is 11.2. The monoisotopic (exact) mass is 207 g/mol. The molecule has 1 aromatic carbocycles. The lowest BCUT2D eigenvalue weighted by molar-refractivity contribution is -0.143. The van der Waals surface area contributed by atoms with E-state index in [1.165, 1.54) is 0 Å². The van der Waals surface area contributed by atoms with Crippen LogP contribution < -0.4 is 5.73 Å². The molecule has 0 saturated heterocycles. The largest absolute Gasteiger partial charge is 0.466 e. The summed E-state index contributed by atoms with van der Waals surface area (Å²) in [5.74, 6) is -0.131. The molecule has 0 spiro atoms. The van der Waals surface area contributed by atoms with E-state index in [2.05, 4.69) is 0 Å². The molecule has 3 nitrogen and oxygen atoms in total. The van der Waals surface area contributed by atoms with Gasteiger partial charge in [-0.05, 0) is 30.5 Å². The Labute approximate surface area is 90.2 Å². The third-order valence-corrected chi connectivity index (χ3v) is 2.06. The molecule has 0 aliphatic rings. The summed E-state index contributed by atoms with van der Waals surface area (Å²) < 4.78 is 4.97. The molecule has 2 N–H and O–H groups in total. The minimum absolute atomic E-state index is 0.131. The second-order valence-corrected chi connectivity index (χ2v) is 3.46. The highest BCUT2D eigenvalue weighted by Gasteiger charge is 2.02. The van der Waals surface area contributed by atoms with E-state index in [4.69, 9.17) is 10.5 Å². The Hall–Kier alpha value is -1.51. The van der Waals surface area contributed by atoms with E-state index < -0.39 is 0 Å². The number of esters is 1. The summed E-state index contributed by atoms with van der Waals surface area (Å²) in [7, 11) is 0. The van der Waals surface area contributed by atoms with Gasteiger partial charge in [0.2, 0.25) is 0 Å². The number of hydrogen-bond acceptors (Lipinski definition) is 3. The molecule has 0 aliphatic heterocycles. The third-order valence-electron chi connectivity index (χ3n) is 2.06. The topological polar surface area (TPSA) is 52.3 Å². The van der Waals surface area contributed by atoms with Crippen LogP contribution >= 0.6 is 0 Å². The van der Waals surface area contributed by atoms with Gasteiger partial charge in [0.1, 0.15) is 0 Å². The first kappa shape index (κ1) is 11.6. The predicted octanol–water partition coefficient (Wildman–Crippen LogP) is 2.15. The quantitative estimate of drug-likeness (QED) is 0.594. The standard InChI is InChI=1S/C12H17NO2/c1-2-9-15-12(14)8-5-10-3-6-11(13)7-4-10/h3-4,6-7H,2,5,8-9,13H2,1H3. The number of aryl methyl sites for hydroxylation is 1. The Bertz CT molecular complexity index is 306. The van der Waals surface area contributed by atoms with Crippen LogP contribution in [0.2, 0.25) is 0 Å². The number of hydrogen-bond donors (Lipinski definition) is 1. The zero-order chi connectivity index (χ0) is 11.1. The number of nitrogen functional groups attached to an aromatic ring is 1. The lowest BCUT2D eigenvalue weighted by Crippen LogP contribution is -2.06. The number of carbonyl (C=O) groups excluding carboxylic acids is 1. The molecule has 1 rings (SSSR count). The van der Waals surface area contributed by atoms with Gasteiger partial charge >= 0.3 is 5.97 Å². The Morgan fingerprint density at radius 1 is 1.33 bits per heavy atom. The summed E-state index contributed by atoms with van der Waals surface area (Å²) in [6.07, 6.45) is 2.01. The van der Waals surface area contributed by atoms with E-state index in [1.54, 1.807) is 0 Å². The van der Waals surface area contributed by atoms with Crippen molar-refractivity contribution in [2.24, 2.45) is 0 Å². The lowest BCUT2D eigenvalue weighted by Gasteiger charge is -2.03. The summed E-state index contributed by atoms with van der Waals surface area (Å²) in [5, 5.41) is 0. The number of ether oxygens (including phenoxy) is 1. The van der Waals surface area contributed by atoms with Crippen LogP contribution in [0, 0.1) is 0 Å². The molecule has 0 heterocycles. The first-order valence-corrected chi connectivity index (χ1v) is 5.22. The zero-order valence-electron chi connectivity index (χ0n) is 9.03. The fourth-order valence-corrected chi connectivity index (χ4v) is 1.22. The van der Waals surface area contributed by atoms with Crippen molar-refractivity contribution in [1.82, 2.24) is 0 Å². The molecule has 0 aliphatic carbocycles. The van der Waals surface area contributed by atoms with Crippen molar-refractivity contribution in [3.8, 4) is 0 Å². The van der Waals surface area contributed by atoms with Crippen LogP contribution in [-0.4, -0.2) is 12.6 Å². The minimum atomic E-state index is -0.131. The molecule has 3 heteroatoms. The third kappa shape index (κ3) is 4.49. The molecule has 0 atom stereocenters. The van der Waals surface area contributed by atoms with Gasteiger partial charge in [-0.15, -0.1) is 0 Å². The Kier molecular flexibility index (Phi) is 4.68. The highest BCUT2D eigenvalue weighted by molar-refractivity contribution is 5.69. The van der Waals surface area contributed by atoms with Crippen molar-refractivity contribution in [2.45, 2.75) is 26.2 Å². The molecule has 15 heavy (non-hydrogen) atoms. The van der Waals surface area contributed by atoms with Crippen molar-refractivity contribution in [3.05, 3.63) is 29.8 Å². The van der Waals surface area contributed by atoms with Crippen LogP contribution in [-0.2, 0) is 16.0 Å². The molecular formula is C12H17NO2. The summed E-state index contributed by atoms with van der Waals surface area (Å²) >= 11 is 0. The van der Waals surface area contributed by atoms with E-state index in [0.29, 0.717) is 19.4 Å². The highest BCUT2D eigenvalue weighted by Crippen LogP contribution is 2.08. The second kappa shape index (κ2) is 6.06. The van der Waals surface area contributed by atoms with Gasteiger partial charge in [0.05, 0.1) is 6.61 Å². The predicted molar refractivity (Wildman–Crippen MR) is 60.4 cm³/mol. The average Bonchev–Trinajstić information content (AvgIpc) is 2.25. The fraction of sp³-hybridized carbons (Fsp3) is 0.417. The van der Waals surface area contributed by atoms with Crippen LogP contribution in [0.3, 0.4) is 0 Å². The maximum atomic E-state index is 11.2. The summed E-state index contributed by atoms with van der Waals surface area (Å²) in [6.45, 7) is 2.49. The zero-order valence-corrected chi connectivity index (χ0v) is 9.03. The van der Waals surface area contributed by atoms with Crippen molar-refractivity contribution in [2.75, 3.05) is 12.3 Å². The normalized spacial score (nSPS) is 9.93. The van der Waals surface area contributed by atoms with E-state index >= 15 is 0 Å². The van der Waals surface area contributed by atoms with Gasteiger partial charge in [-0.25, -0.2) is 0 Å². The van der Waals surface area contributed by atoms with Gasteiger partial charge in [-0.1, -0.05) is 19.1 Å². The molecule has 0 bridgehead atoms. The lowest BCUT2D eigenvalue weighted by atomic mass is 10.1. The molecule has 82 valence electrons. The molecule has 0 amide bonds. The molecule has 0 radical (unpaired) electrons. The highest BCUT2D eigenvalue weighted by atomic mass is 16.5. The van der Waals surface area contributed by atoms with Gasteiger partial charge in [0.15, 0.2) is 0 Å². The van der Waals surface area contributed by atoms with Gasteiger partial charge in [0.25, 0.3) is 0 Å². The number of carbonyl (C=O) groups is 1. The fourth-order valence-electron chi connectivity index (χ4n) is 1.22. The summed E-state index contributed by atoms with van der Waals surface area (Å²) in [4.78, 5) is 11.2. The summed E-state index contributed by atoms with van der Waals surface area (Å²) in [5.41, 5.74) is 7.41.